The summed E-state index contributed by atoms with van der Waals surface area (Å²) >= 11 is 0. The van der Waals surface area contributed by atoms with Gasteiger partial charge >= 0.3 is 206 Å². The molecule has 0 fully saturated rings. The van der Waals surface area contributed by atoms with E-state index in [1.54, 1.807) is 12.1 Å². The molecule has 12 nitrogen and oxygen atoms in total. The predicted octanol–water partition coefficient (Wildman–Crippen LogP) is -14.7. The van der Waals surface area contributed by atoms with Gasteiger partial charge in [-0.1, -0.05) is 24.3 Å². The number of carbonyl (C=O) groups is 4. The monoisotopic (exact) mass is 636 g/mol. The first-order valence-corrected chi connectivity index (χ1v) is 9.35. The molecule has 0 amide bonds. The molecule has 38 heavy (non-hydrogen) atoms. The molecule has 190 valence electrons. The SMILES string of the molecule is CC(=O)[O-].CC(=O)[O-].CC(=O)[O-].CC(=O)[O-].Nc1ccccc1OCCOc1ccccc1N.[K+].[K+].[K+].[K+]. The number of hydrogen-bond acceptors (Lipinski definition) is 12. The maximum absolute atomic E-state index is 8.89. The van der Waals surface area contributed by atoms with Crippen molar-refractivity contribution in [2.24, 2.45) is 0 Å². The Balaban J connectivity index is -0.0000000808. The van der Waals surface area contributed by atoms with Crippen molar-refractivity contribution in [1.29, 1.82) is 0 Å². The van der Waals surface area contributed by atoms with Gasteiger partial charge in [0.15, 0.2) is 0 Å². The average molecular weight is 637 g/mol. The fraction of sp³-hybridized carbons (Fsp3) is 0.273. The van der Waals surface area contributed by atoms with Crippen LogP contribution in [0.25, 0.3) is 0 Å². The number of carboxylic acid groups (broad SMARTS) is 4. The smallest absolute Gasteiger partial charge is 0.550 e. The van der Waals surface area contributed by atoms with Crippen molar-refractivity contribution in [1.82, 2.24) is 0 Å². The minimum absolute atomic E-state index is 0. The Morgan fingerprint density at radius 2 is 0.737 bits per heavy atom. The molecule has 0 aliphatic rings. The van der Waals surface area contributed by atoms with Crippen molar-refractivity contribution in [3.8, 4) is 11.5 Å². The number of nitrogens with two attached hydrogens (primary N) is 2. The first-order valence-electron chi connectivity index (χ1n) is 9.35. The Hall–Kier alpha value is 2.07. The van der Waals surface area contributed by atoms with Crippen LogP contribution < -0.4 is 247 Å². The number of hydrogen-bond donors (Lipinski definition) is 2. The molecule has 0 radical (unpaired) electrons. The van der Waals surface area contributed by atoms with Gasteiger partial charge in [-0.3, -0.25) is 0 Å². The van der Waals surface area contributed by atoms with Gasteiger partial charge in [0.1, 0.15) is 24.7 Å². The third-order valence-electron chi connectivity index (χ3n) is 2.44. The third kappa shape index (κ3) is 54.2. The quantitative estimate of drug-likeness (QED) is 0.177. The van der Waals surface area contributed by atoms with Gasteiger partial charge in [0.25, 0.3) is 0 Å². The molecule has 2 rings (SSSR count). The Labute approximate surface area is 393 Å². The van der Waals surface area contributed by atoms with E-state index in [4.69, 9.17) is 60.5 Å². The third-order valence-corrected chi connectivity index (χ3v) is 2.44. The van der Waals surface area contributed by atoms with Gasteiger partial charge in [0.2, 0.25) is 0 Å². The average Bonchev–Trinajstić information content (AvgIpc) is 2.66. The van der Waals surface area contributed by atoms with Gasteiger partial charge in [0, 0.05) is 23.9 Å². The van der Waals surface area contributed by atoms with Crippen LogP contribution in [0.15, 0.2) is 48.5 Å². The van der Waals surface area contributed by atoms with Crippen molar-refractivity contribution in [2.75, 3.05) is 24.7 Å². The molecule has 4 N–H and O–H groups in total. The minimum Gasteiger partial charge on any atom is -0.550 e. The molecule has 2 aromatic rings. The van der Waals surface area contributed by atoms with Gasteiger partial charge in [-0.25, -0.2) is 0 Å². The summed E-state index contributed by atoms with van der Waals surface area (Å²) < 4.78 is 11.0. The van der Waals surface area contributed by atoms with Crippen LogP contribution in [0.5, 0.6) is 11.5 Å². The van der Waals surface area contributed by atoms with E-state index < -0.39 is 23.9 Å². The standard InChI is InChI=1S/C14H16N2O2.4C2H4O2.4K/c15-11-5-1-3-7-13(11)17-9-10-18-14-8-4-2-6-12(14)16;4*1-2(3)4;;;;/h1-8H,9-10,15-16H2;4*1H3,(H,3,4);;;;/q;;;;;4*+1/p-4. The van der Waals surface area contributed by atoms with Crippen LogP contribution in [-0.2, 0) is 19.2 Å². The number of carbonyl (C=O) groups excluding carboxylic acids is 4. The molecule has 0 saturated heterocycles. The summed E-state index contributed by atoms with van der Waals surface area (Å²) in [7, 11) is 0. The van der Waals surface area contributed by atoms with Crippen molar-refractivity contribution in [2.45, 2.75) is 27.7 Å². The summed E-state index contributed by atoms with van der Waals surface area (Å²) in [5, 5.41) is 35.6. The maximum Gasteiger partial charge on any atom is 1.00 e. The molecular weight excluding hydrogens is 609 g/mol. The second-order valence-corrected chi connectivity index (χ2v) is 5.74. The van der Waals surface area contributed by atoms with Gasteiger partial charge in [-0.2, -0.15) is 0 Å². The van der Waals surface area contributed by atoms with Crippen LogP contribution in [0.1, 0.15) is 27.7 Å². The molecule has 0 saturated carbocycles. The van der Waals surface area contributed by atoms with E-state index in [9.17, 15) is 0 Å². The van der Waals surface area contributed by atoms with E-state index in [1.165, 1.54) is 0 Å². The molecule has 0 spiro atoms. The van der Waals surface area contributed by atoms with E-state index in [2.05, 4.69) is 0 Å². The van der Waals surface area contributed by atoms with Gasteiger partial charge in [-0.05, 0) is 52.0 Å². The maximum atomic E-state index is 8.89. The normalized spacial score (nSPS) is 7.37. The molecule has 2 aromatic carbocycles. The van der Waals surface area contributed by atoms with Gasteiger partial charge in [-0.15, -0.1) is 0 Å². The number of carboxylic acids is 4. The molecular formula is C22H28K4N2O10. The van der Waals surface area contributed by atoms with E-state index in [0.717, 1.165) is 27.7 Å². The molecule has 0 aliphatic carbocycles. The van der Waals surface area contributed by atoms with E-state index >= 15 is 0 Å². The second-order valence-electron chi connectivity index (χ2n) is 5.74. The van der Waals surface area contributed by atoms with E-state index in [1.807, 2.05) is 36.4 Å². The number of nitrogen functional groups attached to an aromatic ring is 2. The topological polar surface area (TPSA) is 231 Å². The number of ether oxygens (including phenoxy) is 2. The Morgan fingerprint density at radius 1 is 0.553 bits per heavy atom. The predicted molar refractivity (Wildman–Crippen MR) is 115 cm³/mol. The van der Waals surface area contributed by atoms with Gasteiger partial charge < -0.3 is 60.5 Å². The number of aliphatic carboxylic acids is 4. The van der Waals surface area contributed by atoms with Crippen LogP contribution in [0.4, 0.5) is 11.4 Å². The summed E-state index contributed by atoms with van der Waals surface area (Å²) in [6, 6.07) is 14.7. The number of anilines is 2. The number of benzene rings is 2. The molecule has 16 heteroatoms. The van der Waals surface area contributed by atoms with Crippen LogP contribution in [0.2, 0.25) is 0 Å². The second kappa shape index (κ2) is 39.1. The van der Waals surface area contributed by atoms with Crippen LogP contribution in [0.3, 0.4) is 0 Å². The summed E-state index contributed by atoms with van der Waals surface area (Å²) in [5.74, 6) is -3.00. The fourth-order valence-corrected chi connectivity index (χ4v) is 1.53. The Bertz CT molecular complexity index is 779. The fourth-order valence-electron chi connectivity index (χ4n) is 1.53. The molecule has 0 aromatic heterocycles. The number of para-hydroxylation sites is 4. The molecule has 0 heterocycles. The minimum atomic E-state index is -1.08. The summed E-state index contributed by atoms with van der Waals surface area (Å²) in [6.45, 7) is 4.73. The molecule has 0 unspecified atom stereocenters. The zero-order valence-electron chi connectivity index (χ0n) is 23.3. The zero-order valence-corrected chi connectivity index (χ0v) is 35.8. The largest absolute Gasteiger partial charge is 1.00 e. The van der Waals surface area contributed by atoms with Crippen LogP contribution in [0, 0.1) is 0 Å². The van der Waals surface area contributed by atoms with Crippen LogP contribution >= 0.6 is 0 Å². The van der Waals surface area contributed by atoms with Gasteiger partial charge in [0.05, 0.1) is 11.4 Å². The van der Waals surface area contributed by atoms with E-state index in [0.29, 0.717) is 36.1 Å². The Morgan fingerprint density at radius 3 is 0.921 bits per heavy atom. The summed E-state index contributed by atoms with van der Waals surface area (Å²) in [6.07, 6.45) is 0. The molecule has 0 atom stereocenters. The summed E-state index contributed by atoms with van der Waals surface area (Å²) in [4.78, 5) is 35.6. The first-order chi connectivity index (χ1) is 15.7. The molecule has 0 aliphatic heterocycles. The number of rotatable bonds is 5. The van der Waals surface area contributed by atoms with Crippen molar-refractivity contribution >= 4 is 35.3 Å². The Kier molecular flexibility index (Phi) is 57.5. The first kappa shape index (κ1) is 55.9. The van der Waals surface area contributed by atoms with Crippen molar-refractivity contribution in [3.05, 3.63) is 48.5 Å². The van der Waals surface area contributed by atoms with Crippen LogP contribution in [-0.4, -0.2) is 37.1 Å². The summed E-state index contributed by atoms with van der Waals surface area (Å²) in [5.41, 5.74) is 12.7. The van der Waals surface area contributed by atoms with Crippen molar-refractivity contribution < 1.29 is 255 Å². The van der Waals surface area contributed by atoms with E-state index in [-0.39, 0.29) is 206 Å². The molecule has 0 bridgehead atoms. The zero-order chi connectivity index (χ0) is 27.1. The van der Waals surface area contributed by atoms with Crippen molar-refractivity contribution in [3.63, 3.8) is 0 Å².